The Balaban J connectivity index is 1.96. The van der Waals surface area contributed by atoms with Crippen molar-refractivity contribution in [2.24, 2.45) is 0 Å². The van der Waals surface area contributed by atoms with E-state index in [1.807, 2.05) is 6.92 Å². The van der Waals surface area contributed by atoms with E-state index in [4.69, 9.17) is 0 Å². The van der Waals surface area contributed by atoms with Crippen molar-refractivity contribution in [2.75, 3.05) is 0 Å². The van der Waals surface area contributed by atoms with Crippen LogP contribution in [0, 0.1) is 34.6 Å². The van der Waals surface area contributed by atoms with E-state index in [0.717, 1.165) is 23.5 Å². The molecular formula is C23H32N2O2. The molecule has 0 aliphatic heterocycles. The number of hydrogen-bond donors (Lipinski definition) is 2. The zero-order chi connectivity index (χ0) is 19.7. The molecule has 146 valence electrons. The topological polar surface area (TPSA) is 54.3 Å². The van der Waals surface area contributed by atoms with Crippen molar-refractivity contribution in [3.63, 3.8) is 0 Å². The Morgan fingerprint density at radius 1 is 1.04 bits per heavy atom. The summed E-state index contributed by atoms with van der Waals surface area (Å²) in [5, 5.41) is 13.4. The fourth-order valence-corrected chi connectivity index (χ4v) is 4.68. The number of carboxylic acid groups (broad SMARTS) is 1. The molecular weight excluding hydrogens is 336 g/mol. The molecule has 1 fully saturated rings. The number of nitrogens with zero attached hydrogens (tertiary/aromatic N) is 1. The van der Waals surface area contributed by atoms with Gasteiger partial charge in [0.1, 0.15) is 0 Å². The smallest absolute Gasteiger partial charge is 0.337 e. The van der Waals surface area contributed by atoms with Crippen LogP contribution in [0.15, 0.2) is 12.1 Å². The van der Waals surface area contributed by atoms with Crippen LogP contribution in [0.5, 0.6) is 0 Å². The number of aromatic carboxylic acids is 1. The van der Waals surface area contributed by atoms with Crippen LogP contribution >= 0.6 is 0 Å². The Kier molecular flexibility index (Phi) is 5.75. The minimum Gasteiger partial charge on any atom is -0.478 e. The highest BCUT2D eigenvalue weighted by atomic mass is 16.4. The Morgan fingerprint density at radius 3 is 2.19 bits per heavy atom. The molecule has 2 N–H and O–H groups in total. The average Bonchev–Trinajstić information content (AvgIpc) is 3.17. The number of carboxylic acids is 1. The first-order valence-electron chi connectivity index (χ1n) is 10.0. The highest BCUT2D eigenvalue weighted by molar-refractivity contribution is 5.91. The van der Waals surface area contributed by atoms with Crippen molar-refractivity contribution in [3.8, 4) is 0 Å². The van der Waals surface area contributed by atoms with E-state index < -0.39 is 5.97 Å². The van der Waals surface area contributed by atoms with Gasteiger partial charge in [-0.2, -0.15) is 0 Å². The van der Waals surface area contributed by atoms with E-state index in [0.29, 0.717) is 18.2 Å². The second-order valence-corrected chi connectivity index (χ2v) is 8.16. The summed E-state index contributed by atoms with van der Waals surface area (Å²) in [4.78, 5) is 12.0. The lowest BCUT2D eigenvalue weighted by Gasteiger charge is -2.16. The van der Waals surface area contributed by atoms with E-state index in [9.17, 15) is 9.90 Å². The highest BCUT2D eigenvalue weighted by Gasteiger charge is 2.24. The fourth-order valence-electron chi connectivity index (χ4n) is 4.68. The summed E-state index contributed by atoms with van der Waals surface area (Å²) in [5.41, 5.74) is 8.41. The van der Waals surface area contributed by atoms with E-state index in [1.54, 1.807) is 0 Å². The first-order chi connectivity index (χ1) is 12.8. The van der Waals surface area contributed by atoms with Crippen molar-refractivity contribution in [1.82, 2.24) is 9.88 Å². The molecule has 1 aliphatic carbocycles. The summed E-state index contributed by atoms with van der Waals surface area (Å²) in [7, 11) is 0. The van der Waals surface area contributed by atoms with Crippen LogP contribution in [0.1, 0.15) is 75.2 Å². The van der Waals surface area contributed by atoms with Gasteiger partial charge in [0, 0.05) is 36.1 Å². The third kappa shape index (κ3) is 3.96. The molecule has 4 heteroatoms. The number of rotatable bonds is 6. The monoisotopic (exact) mass is 368 g/mol. The van der Waals surface area contributed by atoms with E-state index in [2.05, 4.69) is 49.7 Å². The van der Waals surface area contributed by atoms with Crippen LogP contribution in [0.2, 0.25) is 0 Å². The molecule has 3 rings (SSSR count). The molecule has 1 saturated carbocycles. The quantitative estimate of drug-likeness (QED) is 0.769. The predicted molar refractivity (Wildman–Crippen MR) is 110 cm³/mol. The number of carbonyl (C=O) groups is 1. The number of aryl methyl sites for hydroxylation is 3. The van der Waals surface area contributed by atoms with Gasteiger partial charge in [-0.1, -0.05) is 30.5 Å². The van der Waals surface area contributed by atoms with Crippen molar-refractivity contribution >= 4 is 5.97 Å². The van der Waals surface area contributed by atoms with Gasteiger partial charge in [0.15, 0.2) is 0 Å². The molecule has 0 saturated heterocycles. The highest BCUT2D eigenvalue weighted by Crippen LogP contribution is 2.27. The van der Waals surface area contributed by atoms with Crippen molar-refractivity contribution in [3.05, 3.63) is 56.9 Å². The van der Waals surface area contributed by atoms with Gasteiger partial charge in [-0.25, -0.2) is 4.79 Å². The SMILES string of the molecule is Cc1cc(C)c(Cn2c(C)c(CNC3CCCC3)c(C(=O)O)c2C)c(C)c1. The molecule has 4 nitrogen and oxygen atoms in total. The second-order valence-electron chi connectivity index (χ2n) is 8.16. The van der Waals surface area contributed by atoms with Crippen LogP contribution in [0.25, 0.3) is 0 Å². The van der Waals surface area contributed by atoms with Gasteiger partial charge in [-0.3, -0.25) is 0 Å². The summed E-state index contributed by atoms with van der Waals surface area (Å²) in [6, 6.07) is 4.94. The lowest BCUT2D eigenvalue weighted by molar-refractivity contribution is 0.0694. The molecule has 27 heavy (non-hydrogen) atoms. The molecule has 1 aromatic heterocycles. The van der Waals surface area contributed by atoms with Gasteiger partial charge in [-0.05, 0) is 64.2 Å². The fraction of sp³-hybridized carbons (Fsp3) is 0.522. The number of aromatic nitrogens is 1. The van der Waals surface area contributed by atoms with Gasteiger partial charge in [0.2, 0.25) is 0 Å². The van der Waals surface area contributed by atoms with Gasteiger partial charge in [-0.15, -0.1) is 0 Å². The molecule has 0 unspecified atom stereocenters. The number of benzene rings is 1. The first kappa shape index (κ1) is 19.7. The largest absolute Gasteiger partial charge is 0.478 e. The van der Waals surface area contributed by atoms with E-state index in [-0.39, 0.29) is 0 Å². The Morgan fingerprint density at radius 2 is 1.63 bits per heavy atom. The molecule has 0 radical (unpaired) electrons. The Hall–Kier alpha value is -2.07. The second kappa shape index (κ2) is 7.89. The van der Waals surface area contributed by atoms with Gasteiger partial charge in [0.05, 0.1) is 5.56 Å². The molecule has 0 atom stereocenters. The number of hydrogen-bond acceptors (Lipinski definition) is 2. The van der Waals surface area contributed by atoms with Crippen molar-refractivity contribution in [2.45, 2.75) is 79.4 Å². The van der Waals surface area contributed by atoms with Gasteiger partial charge in [0.25, 0.3) is 0 Å². The van der Waals surface area contributed by atoms with E-state index in [1.165, 1.54) is 47.9 Å². The molecule has 0 bridgehead atoms. The lowest BCUT2D eigenvalue weighted by atomic mass is 9.99. The van der Waals surface area contributed by atoms with Crippen LogP contribution in [-0.4, -0.2) is 21.7 Å². The van der Waals surface area contributed by atoms with Crippen molar-refractivity contribution in [1.29, 1.82) is 0 Å². The first-order valence-corrected chi connectivity index (χ1v) is 10.0. The summed E-state index contributed by atoms with van der Waals surface area (Å²) in [6.07, 6.45) is 4.94. The molecule has 1 aliphatic rings. The zero-order valence-electron chi connectivity index (χ0n) is 17.3. The molecule has 0 amide bonds. The maximum atomic E-state index is 12.0. The van der Waals surface area contributed by atoms with Crippen LogP contribution in [0.4, 0.5) is 0 Å². The minimum atomic E-state index is -0.824. The average molecular weight is 369 g/mol. The standard InChI is InChI=1S/C23H32N2O2/c1-14-10-15(2)21(16(3)11-14)13-25-17(4)20(22(18(25)5)23(26)27)12-24-19-8-6-7-9-19/h10-11,19,24H,6-9,12-13H2,1-5H3,(H,26,27). The summed E-state index contributed by atoms with van der Waals surface area (Å²) in [6.45, 7) is 11.8. The van der Waals surface area contributed by atoms with Gasteiger partial charge >= 0.3 is 5.97 Å². The predicted octanol–water partition coefficient (Wildman–Crippen LogP) is 4.81. The Labute approximate surface area is 162 Å². The summed E-state index contributed by atoms with van der Waals surface area (Å²) < 4.78 is 2.18. The molecule has 0 spiro atoms. The minimum absolute atomic E-state index is 0.473. The van der Waals surface area contributed by atoms with Crippen LogP contribution in [0.3, 0.4) is 0 Å². The van der Waals surface area contributed by atoms with Gasteiger partial charge < -0.3 is 15.0 Å². The summed E-state index contributed by atoms with van der Waals surface area (Å²) >= 11 is 0. The van der Waals surface area contributed by atoms with Crippen LogP contribution in [-0.2, 0) is 13.1 Å². The zero-order valence-corrected chi connectivity index (χ0v) is 17.3. The third-order valence-electron chi connectivity index (χ3n) is 6.20. The third-order valence-corrected chi connectivity index (χ3v) is 6.20. The lowest BCUT2D eigenvalue weighted by Crippen LogP contribution is -2.26. The maximum absolute atomic E-state index is 12.0. The normalized spacial score (nSPS) is 14.9. The molecule has 2 aromatic rings. The van der Waals surface area contributed by atoms with Crippen molar-refractivity contribution < 1.29 is 9.90 Å². The maximum Gasteiger partial charge on any atom is 0.337 e. The molecule has 1 aromatic carbocycles. The number of nitrogens with one attached hydrogen (secondary N) is 1. The molecule has 1 heterocycles. The van der Waals surface area contributed by atoms with E-state index >= 15 is 0 Å². The van der Waals surface area contributed by atoms with Crippen LogP contribution < -0.4 is 5.32 Å². The Bertz CT molecular complexity index is 835. The summed E-state index contributed by atoms with van der Waals surface area (Å²) in [5.74, 6) is -0.824.